The summed E-state index contributed by atoms with van der Waals surface area (Å²) in [4.78, 5) is 7.01. The summed E-state index contributed by atoms with van der Waals surface area (Å²) in [6.07, 6.45) is 2.73. The first-order chi connectivity index (χ1) is 9.55. The Balaban J connectivity index is 2.01. The average molecular weight is 270 g/mol. The van der Waals surface area contributed by atoms with Gasteiger partial charge in [0, 0.05) is 29.9 Å². The number of aromatic nitrogens is 1. The molecule has 1 aliphatic rings. The van der Waals surface area contributed by atoms with Crippen molar-refractivity contribution < 1.29 is 5.11 Å². The fourth-order valence-corrected chi connectivity index (χ4v) is 3.05. The van der Waals surface area contributed by atoms with Crippen molar-refractivity contribution in [2.75, 3.05) is 18.0 Å². The summed E-state index contributed by atoms with van der Waals surface area (Å²) in [5, 5.41) is 11.5. The van der Waals surface area contributed by atoms with Crippen molar-refractivity contribution >= 4 is 16.6 Å². The van der Waals surface area contributed by atoms with Gasteiger partial charge >= 0.3 is 0 Å². The fourth-order valence-electron chi connectivity index (χ4n) is 3.05. The van der Waals surface area contributed by atoms with Gasteiger partial charge in [0.2, 0.25) is 0 Å². The van der Waals surface area contributed by atoms with Crippen LogP contribution in [0.25, 0.3) is 10.9 Å². The van der Waals surface area contributed by atoms with Crippen molar-refractivity contribution in [1.82, 2.24) is 4.98 Å². The Morgan fingerprint density at radius 2 is 2.00 bits per heavy atom. The second kappa shape index (κ2) is 5.06. The number of hydrogen-bond donors (Lipinski definition) is 1. The molecule has 1 aromatic carbocycles. The maximum atomic E-state index is 10.2. The van der Waals surface area contributed by atoms with E-state index < -0.39 is 5.60 Å². The molecule has 3 rings (SSSR count). The molecule has 0 spiro atoms. The summed E-state index contributed by atoms with van der Waals surface area (Å²) in [6.45, 7) is 5.90. The van der Waals surface area contributed by atoms with Gasteiger partial charge in [-0.15, -0.1) is 0 Å². The number of para-hydroxylation sites is 1. The van der Waals surface area contributed by atoms with Crippen molar-refractivity contribution in [1.29, 1.82) is 0 Å². The van der Waals surface area contributed by atoms with E-state index in [1.807, 2.05) is 19.9 Å². The molecule has 3 nitrogen and oxygen atoms in total. The lowest BCUT2D eigenvalue weighted by Crippen LogP contribution is -2.28. The predicted molar refractivity (Wildman–Crippen MR) is 83.2 cm³/mol. The number of hydrogen-bond acceptors (Lipinski definition) is 3. The van der Waals surface area contributed by atoms with E-state index >= 15 is 0 Å². The lowest BCUT2D eigenvalue weighted by atomic mass is 9.98. The van der Waals surface area contributed by atoms with Crippen LogP contribution in [-0.2, 0) is 0 Å². The first-order valence-corrected chi connectivity index (χ1v) is 7.39. The van der Waals surface area contributed by atoms with E-state index in [4.69, 9.17) is 0 Å². The van der Waals surface area contributed by atoms with E-state index in [2.05, 4.69) is 34.1 Å². The molecule has 20 heavy (non-hydrogen) atoms. The van der Waals surface area contributed by atoms with Crippen molar-refractivity contribution in [3.63, 3.8) is 0 Å². The summed E-state index contributed by atoms with van der Waals surface area (Å²) < 4.78 is 0. The average Bonchev–Trinajstić information content (AvgIpc) is 2.59. The topological polar surface area (TPSA) is 36.4 Å². The van der Waals surface area contributed by atoms with Crippen LogP contribution in [0, 0.1) is 6.92 Å². The molecule has 0 amide bonds. The number of pyridine rings is 1. The maximum absolute atomic E-state index is 10.2. The van der Waals surface area contributed by atoms with Crippen molar-refractivity contribution in [3.8, 4) is 0 Å². The van der Waals surface area contributed by atoms with Gasteiger partial charge in [-0.1, -0.05) is 18.2 Å². The van der Waals surface area contributed by atoms with Gasteiger partial charge in [-0.3, -0.25) is 4.98 Å². The molecule has 106 valence electrons. The second-order valence-electron chi connectivity index (χ2n) is 6.14. The van der Waals surface area contributed by atoms with Gasteiger partial charge in [0.25, 0.3) is 0 Å². The zero-order valence-corrected chi connectivity index (χ0v) is 12.3. The molecule has 0 bridgehead atoms. The van der Waals surface area contributed by atoms with Crippen LogP contribution in [0.5, 0.6) is 0 Å². The number of aryl methyl sites for hydroxylation is 1. The van der Waals surface area contributed by atoms with Crippen LogP contribution in [-0.4, -0.2) is 28.8 Å². The smallest absolute Gasteiger partial charge is 0.0726 e. The lowest BCUT2D eigenvalue weighted by Gasteiger charge is -2.25. The van der Waals surface area contributed by atoms with Crippen LogP contribution in [0.4, 0.5) is 5.69 Å². The Morgan fingerprint density at radius 3 is 2.85 bits per heavy atom. The minimum Gasteiger partial charge on any atom is -0.390 e. The van der Waals surface area contributed by atoms with Crippen molar-refractivity contribution in [3.05, 3.63) is 36.0 Å². The summed E-state index contributed by atoms with van der Waals surface area (Å²) in [6, 6.07) is 10.5. The quantitative estimate of drug-likeness (QED) is 0.864. The molecule has 1 unspecified atom stereocenters. The molecule has 1 aliphatic heterocycles. The molecule has 0 aliphatic carbocycles. The number of anilines is 1. The second-order valence-corrected chi connectivity index (χ2v) is 6.14. The molecular weight excluding hydrogens is 248 g/mol. The number of fused-ring (bicyclic) bond motifs is 1. The largest absolute Gasteiger partial charge is 0.390 e. The summed E-state index contributed by atoms with van der Waals surface area (Å²) >= 11 is 0. The van der Waals surface area contributed by atoms with E-state index in [0.29, 0.717) is 0 Å². The van der Waals surface area contributed by atoms with Gasteiger partial charge in [0.15, 0.2) is 0 Å². The molecule has 1 atom stereocenters. The summed E-state index contributed by atoms with van der Waals surface area (Å²) in [5.74, 6) is 0. The summed E-state index contributed by atoms with van der Waals surface area (Å²) in [5.41, 5.74) is 2.84. The SMILES string of the molecule is Cc1cc(N2CCCC(C)(O)CC2)c2ccccc2n1. The van der Waals surface area contributed by atoms with Gasteiger partial charge in [0.05, 0.1) is 11.1 Å². The van der Waals surface area contributed by atoms with E-state index in [9.17, 15) is 5.11 Å². The van der Waals surface area contributed by atoms with E-state index in [-0.39, 0.29) is 0 Å². The van der Waals surface area contributed by atoms with Crippen molar-refractivity contribution in [2.45, 2.75) is 38.7 Å². The van der Waals surface area contributed by atoms with Crippen LogP contribution in [0.2, 0.25) is 0 Å². The van der Waals surface area contributed by atoms with Crippen LogP contribution in [0.15, 0.2) is 30.3 Å². The number of aliphatic hydroxyl groups is 1. The third kappa shape index (κ3) is 2.63. The Hall–Kier alpha value is -1.61. The minimum absolute atomic E-state index is 0.521. The number of benzene rings is 1. The Bertz CT molecular complexity index is 621. The molecule has 1 fully saturated rings. The molecule has 0 radical (unpaired) electrons. The van der Waals surface area contributed by atoms with Crippen LogP contribution < -0.4 is 4.90 Å². The number of nitrogens with zero attached hydrogens (tertiary/aromatic N) is 2. The van der Waals surface area contributed by atoms with E-state index in [1.54, 1.807) is 0 Å². The Labute approximate surface area is 120 Å². The van der Waals surface area contributed by atoms with Crippen LogP contribution in [0.3, 0.4) is 0 Å². The number of rotatable bonds is 1. The van der Waals surface area contributed by atoms with E-state index in [0.717, 1.165) is 43.6 Å². The zero-order valence-electron chi connectivity index (χ0n) is 12.3. The fraction of sp³-hybridized carbons (Fsp3) is 0.471. The highest BCUT2D eigenvalue weighted by Gasteiger charge is 2.25. The molecule has 0 saturated carbocycles. The van der Waals surface area contributed by atoms with Crippen LogP contribution >= 0.6 is 0 Å². The lowest BCUT2D eigenvalue weighted by molar-refractivity contribution is 0.0481. The third-order valence-electron chi connectivity index (χ3n) is 4.23. The first-order valence-electron chi connectivity index (χ1n) is 7.39. The van der Waals surface area contributed by atoms with Gasteiger partial charge in [-0.25, -0.2) is 0 Å². The van der Waals surface area contributed by atoms with Gasteiger partial charge in [-0.05, 0) is 45.2 Å². The molecule has 3 heteroatoms. The standard InChI is InChI=1S/C17H22N2O/c1-13-12-16(14-6-3-4-7-15(14)18-13)19-10-5-8-17(2,20)9-11-19/h3-4,6-7,12,20H,5,8-11H2,1-2H3. The highest BCUT2D eigenvalue weighted by Crippen LogP contribution is 2.30. The van der Waals surface area contributed by atoms with Gasteiger partial charge in [0.1, 0.15) is 0 Å². The third-order valence-corrected chi connectivity index (χ3v) is 4.23. The Kier molecular flexibility index (Phi) is 3.38. The summed E-state index contributed by atoms with van der Waals surface area (Å²) in [7, 11) is 0. The Morgan fingerprint density at radius 1 is 1.20 bits per heavy atom. The molecule has 2 aromatic rings. The molecule has 2 heterocycles. The van der Waals surface area contributed by atoms with Gasteiger partial charge < -0.3 is 10.0 Å². The van der Waals surface area contributed by atoms with E-state index in [1.165, 1.54) is 11.1 Å². The molecule has 1 aromatic heterocycles. The highest BCUT2D eigenvalue weighted by atomic mass is 16.3. The van der Waals surface area contributed by atoms with Gasteiger partial charge in [-0.2, -0.15) is 0 Å². The highest BCUT2D eigenvalue weighted by molar-refractivity contribution is 5.91. The molecular formula is C17H22N2O. The zero-order chi connectivity index (χ0) is 14.2. The minimum atomic E-state index is -0.521. The maximum Gasteiger partial charge on any atom is 0.0726 e. The normalized spacial score (nSPS) is 23.9. The predicted octanol–water partition coefficient (Wildman–Crippen LogP) is 3.28. The molecule has 1 saturated heterocycles. The van der Waals surface area contributed by atoms with Crippen LogP contribution in [0.1, 0.15) is 31.9 Å². The molecule has 1 N–H and O–H groups in total. The monoisotopic (exact) mass is 270 g/mol. The van der Waals surface area contributed by atoms with Crippen molar-refractivity contribution in [2.24, 2.45) is 0 Å². The first kappa shape index (κ1) is 13.4.